The molecular formula is C19H24N3. The molecule has 115 valence electrons. The van der Waals surface area contributed by atoms with Crippen LogP contribution in [-0.4, -0.2) is 12.4 Å². The van der Waals surface area contributed by atoms with E-state index in [2.05, 4.69) is 24.4 Å². The minimum atomic E-state index is -0.0624. The molecule has 0 spiro atoms. The van der Waals surface area contributed by atoms with Crippen LogP contribution in [0.4, 0.5) is 0 Å². The summed E-state index contributed by atoms with van der Waals surface area (Å²) in [4.78, 5) is 0. The fourth-order valence-electron chi connectivity index (χ4n) is 2.55. The molecule has 1 radical (unpaired) electrons. The van der Waals surface area contributed by atoms with Gasteiger partial charge in [-0.1, -0.05) is 74.0 Å². The van der Waals surface area contributed by atoms with Crippen molar-refractivity contribution in [2.24, 2.45) is 5.73 Å². The summed E-state index contributed by atoms with van der Waals surface area (Å²) >= 11 is 0. The van der Waals surface area contributed by atoms with Crippen molar-refractivity contribution in [2.45, 2.75) is 25.8 Å². The van der Waals surface area contributed by atoms with Gasteiger partial charge in [-0.05, 0) is 24.1 Å². The maximum atomic E-state index is 8.05. The Kier molecular flexibility index (Phi) is 6.16. The number of nitrogens with two attached hydrogens (primary N) is 1. The number of nitrogens with one attached hydrogen (secondary N) is 2. The van der Waals surface area contributed by atoms with E-state index in [1.807, 2.05) is 48.5 Å². The van der Waals surface area contributed by atoms with Crippen LogP contribution < -0.4 is 11.1 Å². The average Bonchev–Trinajstić information content (AvgIpc) is 2.55. The molecule has 3 nitrogen and oxygen atoms in total. The molecule has 3 heteroatoms. The summed E-state index contributed by atoms with van der Waals surface area (Å²) < 4.78 is 0. The van der Waals surface area contributed by atoms with E-state index >= 15 is 0 Å². The molecule has 0 saturated carbocycles. The Balaban J connectivity index is 2.34. The molecule has 22 heavy (non-hydrogen) atoms. The molecule has 0 amide bonds. The molecule has 1 unspecified atom stereocenters. The van der Waals surface area contributed by atoms with Gasteiger partial charge in [-0.2, -0.15) is 0 Å². The standard InChI is InChI=1S/C19H24N3/c1-2-3-14-22-18(16-12-8-5-9-13-16)17(19(20)21)15-10-6-4-7-11-15/h4-13,18,22H,2-3,14H2,1H3,(H3,20,21). The summed E-state index contributed by atoms with van der Waals surface area (Å²) in [7, 11) is 0. The van der Waals surface area contributed by atoms with Crippen molar-refractivity contribution in [1.29, 1.82) is 5.41 Å². The maximum absolute atomic E-state index is 8.05. The van der Waals surface area contributed by atoms with Crippen molar-refractivity contribution in [2.75, 3.05) is 6.54 Å². The number of hydrogen-bond acceptors (Lipinski definition) is 2. The minimum absolute atomic E-state index is 0.0624. The Morgan fingerprint density at radius 1 is 1.05 bits per heavy atom. The van der Waals surface area contributed by atoms with Crippen LogP contribution in [0.25, 0.3) is 0 Å². The van der Waals surface area contributed by atoms with Crippen LogP contribution in [0, 0.1) is 11.3 Å². The van der Waals surface area contributed by atoms with Gasteiger partial charge in [0.25, 0.3) is 0 Å². The van der Waals surface area contributed by atoms with Gasteiger partial charge in [0.2, 0.25) is 0 Å². The third-order valence-electron chi connectivity index (χ3n) is 3.68. The highest BCUT2D eigenvalue weighted by atomic mass is 14.9. The van der Waals surface area contributed by atoms with Crippen LogP contribution in [0.1, 0.15) is 36.9 Å². The van der Waals surface area contributed by atoms with E-state index in [0.717, 1.165) is 36.4 Å². The molecular weight excluding hydrogens is 270 g/mol. The molecule has 0 saturated heterocycles. The predicted octanol–water partition coefficient (Wildman–Crippen LogP) is 3.68. The van der Waals surface area contributed by atoms with E-state index in [0.29, 0.717) is 0 Å². The summed E-state index contributed by atoms with van der Waals surface area (Å²) in [5.41, 5.74) is 8.04. The normalized spacial score (nSPS) is 12.3. The van der Waals surface area contributed by atoms with Gasteiger partial charge in [0, 0.05) is 0 Å². The van der Waals surface area contributed by atoms with E-state index in [4.69, 9.17) is 11.1 Å². The van der Waals surface area contributed by atoms with Gasteiger partial charge in [-0.25, -0.2) is 0 Å². The largest absolute Gasteiger partial charge is 0.387 e. The van der Waals surface area contributed by atoms with Crippen molar-refractivity contribution in [1.82, 2.24) is 5.32 Å². The highest BCUT2D eigenvalue weighted by molar-refractivity contribution is 5.96. The van der Waals surface area contributed by atoms with Gasteiger partial charge in [-0.15, -0.1) is 0 Å². The molecule has 0 aliphatic heterocycles. The fraction of sp³-hybridized carbons (Fsp3) is 0.263. The van der Waals surface area contributed by atoms with Gasteiger partial charge >= 0.3 is 0 Å². The summed E-state index contributed by atoms with van der Waals surface area (Å²) in [6.45, 7) is 3.08. The Labute approximate surface area is 133 Å². The molecule has 0 aliphatic rings. The number of hydrogen-bond donors (Lipinski definition) is 3. The second-order valence-electron chi connectivity index (χ2n) is 5.34. The lowest BCUT2D eigenvalue weighted by molar-refractivity contribution is 0.557. The Bertz CT molecular complexity index is 566. The average molecular weight is 294 g/mol. The van der Waals surface area contributed by atoms with Crippen LogP contribution in [0.3, 0.4) is 0 Å². The van der Waals surface area contributed by atoms with Gasteiger partial charge in [0.1, 0.15) is 5.84 Å². The first-order chi connectivity index (χ1) is 10.7. The molecule has 2 aromatic rings. The SMILES string of the molecule is CCCCNC([C](C(=N)N)c1ccccc1)c1ccccc1. The van der Waals surface area contributed by atoms with E-state index < -0.39 is 0 Å². The Hall–Kier alpha value is -2.13. The van der Waals surface area contributed by atoms with Crippen molar-refractivity contribution < 1.29 is 0 Å². The number of rotatable bonds is 8. The summed E-state index contributed by atoms with van der Waals surface area (Å²) in [5.74, 6) is 0.951. The third-order valence-corrected chi connectivity index (χ3v) is 3.68. The molecule has 0 heterocycles. The molecule has 0 aliphatic carbocycles. The second kappa shape index (κ2) is 8.35. The van der Waals surface area contributed by atoms with Crippen molar-refractivity contribution >= 4 is 5.84 Å². The van der Waals surface area contributed by atoms with Gasteiger partial charge in [0.05, 0.1) is 12.0 Å². The molecule has 0 bridgehead atoms. The van der Waals surface area contributed by atoms with Gasteiger partial charge < -0.3 is 11.1 Å². The van der Waals surface area contributed by atoms with Crippen LogP contribution in [0.5, 0.6) is 0 Å². The van der Waals surface area contributed by atoms with Crippen LogP contribution >= 0.6 is 0 Å². The fourth-order valence-corrected chi connectivity index (χ4v) is 2.55. The highest BCUT2D eigenvalue weighted by Gasteiger charge is 2.27. The zero-order valence-corrected chi connectivity index (χ0v) is 13.0. The number of unbranched alkanes of at least 4 members (excludes halogenated alkanes) is 1. The second-order valence-corrected chi connectivity index (χ2v) is 5.34. The van der Waals surface area contributed by atoms with Crippen LogP contribution in [0.2, 0.25) is 0 Å². The summed E-state index contributed by atoms with van der Waals surface area (Å²) in [6.07, 6.45) is 2.23. The van der Waals surface area contributed by atoms with Gasteiger partial charge in [-0.3, -0.25) is 5.41 Å². The van der Waals surface area contributed by atoms with E-state index in [-0.39, 0.29) is 11.9 Å². The summed E-state index contributed by atoms with van der Waals surface area (Å²) in [5, 5.41) is 11.6. The molecule has 2 rings (SSSR count). The van der Waals surface area contributed by atoms with Crippen molar-refractivity contribution in [3.63, 3.8) is 0 Å². The first-order valence-electron chi connectivity index (χ1n) is 7.79. The lowest BCUT2D eigenvalue weighted by Gasteiger charge is -2.27. The highest BCUT2D eigenvalue weighted by Crippen LogP contribution is 2.30. The maximum Gasteiger partial charge on any atom is 0.105 e. The molecule has 2 aromatic carbocycles. The molecule has 1 atom stereocenters. The Morgan fingerprint density at radius 3 is 2.18 bits per heavy atom. The van der Waals surface area contributed by atoms with E-state index in [1.54, 1.807) is 0 Å². The first kappa shape index (κ1) is 16.2. The van der Waals surface area contributed by atoms with Crippen LogP contribution in [0.15, 0.2) is 60.7 Å². The lowest BCUT2D eigenvalue weighted by Crippen LogP contribution is -2.35. The monoisotopic (exact) mass is 294 g/mol. The number of benzene rings is 2. The Morgan fingerprint density at radius 2 is 1.64 bits per heavy atom. The minimum Gasteiger partial charge on any atom is -0.387 e. The van der Waals surface area contributed by atoms with E-state index in [9.17, 15) is 0 Å². The predicted molar refractivity (Wildman–Crippen MR) is 92.8 cm³/mol. The quantitative estimate of drug-likeness (QED) is 0.395. The van der Waals surface area contributed by atoms with Gasteiger partial charge in [0.15, 0.2) is 0 Å². The topological polar surface area (TPSA) is 61.9 Å². The first-order valence-corrected chi connectivity index (χ1v) is 7.79. The smallest absolute Gasteiger partial charge is 0.105 e. The third kappa shape index (κ3) is 4.18. The van der Waals surface area contributed by atoms with Crippen molar-refractivity contribution in [3.8, 4) is 0 Å². The zero-order chi connectivity index (χ0) is 15.8. The number of amidine groups is 1. The zero-order valence-electron chi connectivity index (χ0n) is 13.0. The molecule has 0 fully saturated rings. The molecule has 0 aromatic heterocycles. The summed E-state index contributed by atoms with van der Waals surface area (Å²) in [6, 6.07) is 20.1. The van der Waals surface area contributed by atoms with Crippen LogP contribution in [-0.2, 0) is 0 Å². The van der Waals surface area contributed by atoms with E-state index in [1.165, 1.54) is 0 Å². The lowest BCUT2D eigenvalue weighted by atomic mass is 9.86. The van der Waals surface area contributed by atoms with Crippen molar-refractivity contribution in [3.05, 3.63) is 77.7 Å². The molecule has 4 N–H and O–H groups in total.